The lowest BCUT2D eigenvalue weighted by Gasteiger charge is -2.20. The van der Waals surface area contributed by atoms with E-state index in [9.17, 15) is 0 Å². The molecule has 5 nitrogen and oxygen atoms in total. The molecular weight excluding hydrogens is 226 g/mol. The monoisotopic (exact) mass is 245 g/mol. The maximum Gasteiger partial charge on any atom is 0.155 e. The van der Waals surface area contributed by atoms with E-state index in [1.54, 1.807) is 0 Å². The quantitative estimate of drug-likeness (QED) is 0.836. The molecule has 2 aromatic rings. The average Bonchev–Trinajstić information content (AvgIpc) is 2.80. The van der Waals surface area contributed by atoms with Crippen LogP contribution in [-0.2, 0) is 13.0 Å². The smallest absolute Gasteiger partial charge is 0.155 e. The van der Waals surface area contributed by atoms with Gasteiger partial charge in [0.2, 0.25) is 0 Å². The van der Waals surface area contributed by atoms with Gasteiger partial charge in [-0.2, -0.15) is 5.10 Å². The minimum Gasteiger partial charge on any atom is -0.326 e. The Labute approximate surface area is 106 Å². The van der Waals surface area contributed by atoms with Crippen molar-refractivity contribution in [1.29, 1.82) is 0 Å². The zero-order chi connectivity index (χ0) is 12.4. The number of nitrogens with two attached hydrogens (primary N) is 1. The Morgan fingerprint density at radius 3 is 2.94 bits per heavy atom. The lowest BCUT2D eigenvalue weighted by atomic mass is 9.94. The lowest BCUT2D eigenvalue weighted by Crippen LogP contribution is -2.28. The van der Waals surface area contributed by atoms with Crippen LogP contribution in [0.5, 0.6) is 0 Å². The largest absolute Gasteiger partial charge is 0.326 e. The number of pyridine rings is 1. The van der Waals surface area contributed by atoms with Gasteiger partial charge in [-0.25, -0.2) is 9.50 Å². The molecule has 96 valence electrons. The Morgan fingerprint density at radius 1 is 1.33 bits per heavy atom. The van der Waals surface area contributed by atoms with Crippen molar-refractivity contribution in [2.45, 2.75) is 25.8 Å². The topological polar surface area (TPSA) is 68.2 Å². The molecule has 0 spiro atoms. The summed E-state index contributed by atoms with van der Waals surface area (Å²) in [7, 11) is 0. The highest BCUT2D eigenvalue weighted by molar-refractivity contribution is 5.38. The highest BCUT2D eigenvalue weighted by Crippen LogP contribution is 2.16. The number of aromatic nitrogens is 3. The molecule has 3 heterocycles. The van der Waals surface area contributed by atoms with Crippen molar-refractivity contribution in [2.24, 2.45) is 11.7 Å². The predicted octanol–water partition coefficient (Wildman–Crippen LogP) is 0.730. The summed E-state index contributed by atoms with van der Waals surface area (Å²) in [6, 6.07) is 4.00. The standard InChI is InChI=1S/C13H19N5/c14-8-11-1-2-13-16-12(17-18(13)9-11)7-10-3-5-15-6-4-10/h1-2,9-10,15H,3-8,14H2. The van der Waals surface area contributed by atoms with Gasteiger partial charge in [0.1, 0.15) is 0 Å². The molecule has 1 fully saturated rings. The molecule has 0 unspecified atom stereocenters. The van der Waals surface area contributed by atoms with Crippen LogP contribution in [0.4, 0.5) is 0 Å². The fourth-order valence-corrected chi connectivity index (χ4v) is 2.52. The van der Waals surface area contributed by atoms with Crippen LogP contribution in [0.1, 0.15) is 24.2 Å². The second-order valence-corrected chi connectivity index (χ2v) is 4.97. The van der Waals surface area contributed by atoms with Crippen molar-refractivity contribution in [3.8, 4) is 0 Å². The van der Waals surface area contributed by atoms with Crippen LogP contribution < -0.4 is 11.1 Å². The number of hydrogen-bond donors (Lipinski definition) is 2. The summed E-state index contributed by atoms with van der Waals surface area (Å²) in [5.74, 6) is 1.67. The first-order valence-electron chi connectivity index (χ1n) is 6.60. The minimum atomic E-state index is 0.541. The molecule has 0 bridgehead atoms. The third-order valence-corrected chi connectivity index (χ3v) is 3.60. The third-order valence-electron chi connectivity index (χ3n) is 3.60. The van der Waals surface area contributed by atoms with E-state index in [4.69, 9.17) is 5.73 Å². The molecule has 1 aliphatic rings. The number of piperidine rings is 1. The number of nitrogens with one attached hydrogen (secondary N) is 1. The van der Waals surface area contributed by atoms with Gasteiger partial charge < -0.3 is 11.1 Å². The van der Waals surface area contributed by atoms with Gasteiger partial charge in [-0.1, -0.05) is 6.07 Å². The van der Waals surface area contributed by atoms with Crippen molar-refractivity contribution in [2.75, 3.05) is 13.1 Å². The van der Waals surface area contributed by atoms with Gasteiger partial charge >= 0.3 is 0 Å². The molecule has 3 N–H and O–H groups in total. The molecule has 0 aromatic carbocycles. The van der Waals surface area contributed by atoms with Crippen molar-refractivity contribution in [3.63, 3.8) is 0 Å². The van der Waals surface area contributed by atoms with Crippen LogP contribution in [0.15, 0.2) is 18.3 Å². The molecule has 0 saturated carbocycles. The molecule has 2 aromatic heterocycles. The van der Waals surface area contributed by atoms with Crippen LogP contribution in [0.25, 0.3) is 5.65 Å². The van der Waals surface area contributed by atoms with Crippen LogP contribution in [-0.4, -0.2) is 27.7 Å². The van der Waals surface area contributed by atoms with Crippen molar-refractivity contribution < 1.29 is 0 Å². The fraction of sp³-hybridized carbons (Fsp3) is 0.538. The second-order valence-electron chi connectivity index (χ2n) is 4.97. The van der Waals surface area contributed by atoms with Crippen LogP contribution in [0, 0.1) is 5.92 Å². The Kier molecular flexibility index (Phi) is 3.25. The summed E-state index contributed by atoms with van der Waals surface area (Å²) < 4.78 is 1.85. The Morgan fingerprint density at radius 2 is 2.17 bits per heavy atom. The van der Waals surface area contributed by atoms with Crippen LogP contribution in [0.2, 0.25) is 0 Å². The number of hydrogen-bond acceptors (Lipinski definition) is 4. The van der Waals surface area contributed by atoms with Crippen molar-refractivity contribution in [1.82, 2.24) is 19.9 Å². The van der Waals surface area contributed by atoms with E-state index in [1.807, 2.05) is 22.8 Å². The fourth-order valence-electron chi connectivity index (χ4n) is 2.52. The Bertz CT molecular complexity index is 527. The van der Waals surface area contributed by atoms with E-state index in [-0.39, 0.29) is 0 Å². The average molecular weight is 245 g/mol. The summed E-state index contributed by atoms with van der Waals surface area (Å²) in [4.78, 5) is 4.57. The highest BCUT2D eigenvalue weighted by atomic mass is 15.3. The first-order chi connectivity index (χ1) is 8.85. The molecule has 1 saturated heterocycles. The molecule has 1 aliphatic heterocycles. The molecule has 0 aliphatic carbocycles. The molecular formula is C13H19N5. The SMILES string of the molecule is NCc1ccc2nc(CC3CCNCC3)nn2c1. The van der Waals surface area contributed by atoms with Gasteiger partial charge in [-0.05, 0) is 43.5 Å². The predicted molar refractivity (Wildman–Crippen MR) is 70.2 cm³/mol. The van der Waals surface area contributed by atoms with Gasteiger partial charge in [0.25, 0.3) is 0 Å². The zero-order valence-corrected chi connectivity index (χ0v) is 10.5. The zero-order valence-electron chi connectivity index (χ0n) is 10.5. The van der Waals surface area contributed by atoms with Gasteiger partial charge in [0, 0.05) is 19.2 Å². The molecule has 0 atom stereocenters. The first kappa shape index (κ1) is 11.6. The van der Waals surface area contributed by atoms with Crippen LogP contribution >= 0.6 is 0 Å². The van der Waals surface area contributed by atoms with Crippen LogP contribution in [0.3, 0.4) is 0 Å². The molecule has 0 amide bonds. The summed E-state index contributed by atoms with van der Waals surface area (Å²) >= 11 is 0. The Hall–Kier alpha value is -1.46. The highest BCUT2D eigenvalue weighted by Gasteiger charge is 2.16. The van der Waals surface area contributed by atoms with Gasteiger partial charge in [-0.3, -0.25) is 0 Å². The van der Waals surface area contributed by atoms with Crippen molar-refractivity contribution in [3.05, 3.63) is 29.7 Å². The van der Waals surface area contributed by atoms with Crippen molar-refractivity contribution >= 4 is 5.65 Å². The van der Waals surface area contributed by atoms with E-state index in [1.165, 1.54) is 12.8 Å². The van der Waals surface area contributed by atoms with E-state index in [0.29, 0.717) is 6.54 Å². The number of fused-ring (bicyclic) bond motifs is 1. The molecule has 0 radical (unpaired) electrons. The molecule has 3 rings (SSSR count). The maximum atomic E-state index is 5.63. The normalized spacial score (nSPS) is 17.4. The van der Waals surface area contributed by atoms with Gasteiger partial charge in [0.05, 0.1) is 0 Å². The maximum absolute atomic E-state index is 5.63. The minimum absolute atomic E-state index is 0.541. The second kappa shape index (κ2) is 5.04. The number of nitrogens with zero attached hydrogens (tertiary/aromatic N) is 3. The summed E-state index contributed by atoms with van der Waals surface area (Å²) in [6.07, 6.45) is 5.41. The lowest BCUT2D eigenvalue weighted by molar-refractivity contribution is 0.367. The van der Waals surface area contributed by atoms with E-state index >= 15 is 0 Å². The molecule has 18 heavy (non-hydrogen) atoms. The summed E-state index contributed by atoms with van der Waals surface area (Å²) in [5, 5.41) is 7.93. The third kappa shape index (κ3) is 2.37. The van der Waals surface area contributed by atoms with Gasteiger partial charge in [0.15, 0.2) is 11.5 Å². The van der Waals surface area contributed by atoms with E-state index in [2.05, 4.69) is 15.4 Å². The van der Waals surface area contributed by atoms with Gasteiger partial charge in [-0.15, -0.1) is 0 Å². The molecule has 5 heteroatoms. The van der Waals surface area contributed by atoms with E-state index in [0.717, 1.165) is 42.5 Å². The first-order valence-corrected chi connectivity index (χ1v) is 6.60. The summed E-state index contributed by atoms with van der Waals surface area (Å²) in [6.45, 7) is 2.78. The number of rotatable bonds is 3. The Balaban J connectivity index is 1.79. The van der Waals surface area contributed by atoms with E-state index < -0.39 is 0 Å². The summed E-state index contributed by atoms with van der Waals surface area (Å²) in [5.41, 5.74) is 7.63.